The van der Waals surface area contributed by atoms with Crippen molar-refractivity contribution in [2.75, 3.05) is 21.3 Å². The fourth-order valence-electron chi connectivity index (χ4n) is 2.03. The fraction of sp³-hybridized carbons (Fsp3) is 0.600. The van der Waals surface area contributed by atoms with Gasteiger partial charge < -0.3 is 24.8 Å². The van der Waals surface area contributed by atoms with Gasteiger partial charge in [-0.05, 0) is 18.4 Å². The largest absolute Gasteiger partial charge is 0.482 e. The molecule has 1 amide bonds. The number of nitrogens with one attached hydrogen (secondary N) is 2. The van der Waals surface area contributed by atoms with E-state index >= 15 is 0 Å². The molecule has 0 aromatic rings. The van der Waals surface area contributed by atoms with Crippen LogP contribution in [0.2, 0.25) is 0 Å². The zero-order valence-corrected chi connectivity index (χ0v) is 13.6. The highest BCUT2D eigenvalue weighted by Crippen LogP contribution is 2.13. The first kappa shape index (κ1) is 18.0. The lowest BCUT2D eigenvalue weighted by Gasteiger charge is -2.23. The molecule has 124 valence electrons. The van der Waals surface area contributed by atoms with Crippen molar-refractivity contribution in [2.24, 2.45) is 5.92 Å². The summed E-state index contributed by atoms with van der Waals surface area (Å²) in [7, 11) is 4.30. The lowest BCUT2D eigenvalue weighted by Crippen LogP contribution is -2.44. The van der Waals surface area contributed by atoms with E-state index < -0.39 is 18.2 Å². The molecule has 2 atom stereocenters. The van der Waals surface area contributed by atoms with Crippen molar-refractivity contribution >= 4 is 11.9 Å². The van der Waals surface area contributed by atoms with Crippen molar-refractivity contribution in [2.45, 2.75) is 32.5 Å². The van der Waals surface area contributed by atoms with E-state index in [9.17, 15) is 9.59 Å². The van der Waals surface area contributed by atoms with Crippen LogP contribution in [0.15, 0.2) is 23.6 Å². The predicted octanol–water partition coefficient (Wildman–Crippen LogP) is 0.680. The normalized spacial score (nSPS) is 18.7. The molecule has 1 unspecified atom stereocenters. The van der Waals surface area contributed by atoms with E-state index in [0.29, 0.717) is 17.9 Å². The maximum absolute atomic E-state index is 12.4. The lowest BCUT2D eigenvalue weighted by atomic mass is 10.0. The van der Waals surface area contributed by atoms with Gasteiger partial charge in [0.1, 0.15) is 12.3 Å². The second-order valence-corrected chi connectivity index (χ2v) is 5.31. The maximum atomic E-state index is 12.4. The lowest BCUT2D eigenvalue weighted by molar-refractivity contribution is -0.145. The molecular weight excluding hydrogens is 288 g/mol. The monoisotopic (exact) mass is 312 g/mol. The smallest absolute Gasteiger partial charge is 0.328 e. The van der Waals surface area contributed by atoms with Gasteiger partial charge in [0.15, 0.2) is 5.88 Å². The molecular formula is C15H24N2O5. The third-order valence-electron chi connectivity index (χ3n) is 3.14. The molecule has 0 saturated heterocycles. The van der Waals surface area contributed by atoms with Crippen LogP contribution >= 0.6 is 0 Å². The molecule has 0 bridgehead atoms. The van der Waals surface area contributed by atoms with E-state index in [1.807, 2.05) is 13.8 Å². The molecule has 0 spiro atoms. The summed E-state index contributed by atoms with van der Waals surface area (Å²) in [4.78, 5) is 24.1. The average Bonchev–Trinajstić information content (AvgIpc) is 2.52. The van der Waals surface area contributed by atoms with Gasteiger partial charge in [-0.1, -0.05) is 13.8 Å². The van der Waals surface area contributed by atoms with Gasteiger partial charge >= 0.3 is 5.97 Å². The topological polar surface area (TPSA) is 85.9 Å². The number of amides is 1. The number of carbonyl (C=O) groups excluding carboxylic acids is 2. The first-order valence-electron chi connectivity index (χ1n) is 7.06. The summed E-state index contributed by atoms with van der Waals surface area (Å²) in [6.07, 6.45) is 3.19. The van der Waals surface area contributed by atoms with Crippen molar-refractivity contribution in [1.29, 1.82) is 0 Å². The molecule has 1 rings (SSSR count). The number of hydrogen-bond donors (Lipinski definition) is 2. The van der Waals surface area contributed by atoms with E-state index in [2.05, 4.69) is 10.6 Å². The third-order valence-corrected chi connectivity index (χ3v) is 3.14. The van der Waals surface area contributed by atoms with Crippen molar-refractivity contribution < 1.29 is 23.8 Å². The number of esters is 1. The highest BCUT2D eigenvalue weighted by Gasteiger charge is 2.25. The Bertz CT molecular complexity index is 471. The molecule has 1 heterocycles. The summed E-state index contributed by atoms with van der Waals surface area (Å²) >= 11 is 0. The minimum Gasteiger partial charge on any atom is -0.482 e. The molecule has 0 aliphatic carbocycles. The predicted molar refractivity (Wildman–Crippen MR) is 80.5 cm³/mol. The van der Waals surface area contributed by atoms with Crippen molar-refractivity contribution in [1.82, 2.24) is 10.6 Å². The summed E-state index contributed by atoms with van der Waals surface area (Å²) in [5.74, 6) is -0.189. The molecule has 1 aliphatic heterocycles. The minimum atomic E-state index is -0.686. The number of hydrogen-bond acceptors (Lipinski definition) is 6. The van der Waals surface area contributed by atoms with Gasteiger partial charge in [0.25, 0.3) is 5.91 Å². The Morgan fingerprint density at radius 1 is 1.32 bits per heavy atom. The summed E-state index contributed by atoms with van der Waals surface area (Å²) in [5, 5.41) is 5.62. The summed E-state index contributed by atoms with van der Waals surface area (Å²) in [5.41, 5.74) is 0.361. The molecule has 0 saturated carbocycles. The molecule has 7 nitrogen and oxygen atoms in total. The molecule has 0 fully saturated rings. The first-order chi connectivity index (χ1) is 10.4. The van der Waals surface area contributed by atoms with Gasteiger partial charge in [-0.2, -0.15) is 0 Å². The SMILES string of the molecule is COC(=O)[C@@H](CC(C)C)NC(=O)C1=CC(OC)NC(OC)=C1. The molecule has 0 aromatic heterocycles. The van der Waals surface area contributed by atoms with Gasteiger partial charge in [-0.15, -0.1) is 0 Å². The molecule has 0 radical (unpaired) electrons. The van der Waals surface area contributed by atoms with Gasteiger partial charge in [-0.3, -0.25) is 4.79 Å². The molecule has 7 heteroatoms. The summed E-state index contributed by atoms with van der Waals surface area (Å²) in [6, 6.07) is -0.686. The van der Waals surface area contributed by atoms with Gasteiger partial charge in [0.2, 0.25) is 0 Å². The number of rotatable bonds is 7. The zero-order chi connectivity index (χ0) is 16.7. The Kier molecular flexibility index (Phi) is 6.91. The number of methoxy groups -OCH3 is 3. The highest BCUT2D eigenvalue weighted by molar-refractivity contribution is 5.98. The maximum Gasteiger partial charge on any atom is 0.328 e. The van der Waals surface area contributed by atoms with Crippen LogP contribution in [0.5, 0.6) is 0 Å². The van der Waals surface area contributed by atoms with Crippen LogP contribution in [-0.2, 0) is 23.8 Å². The Hall–Kier alpha value is -2.02. The van der Waals surface area contributed by atoms with Crippen LogP contribution < -0.4 is 10.6 Å². The second kappa shape index (κ2) is 8.43. The van der Waals surface area contributed by atoms with E-state index in [1.165, 1.54) is 21.3 Å². The summed E-state index contributed by atoms with van der Waals surface area (Å²) < 4.78 is 15.0. The molecule has 2 N–H and O–H groups in total. The van der Waals surface area contributed by atoms with Gasteiger partial charge in [-0.25, -0.2) is 4.79 Å². The molecule has 0 aromatic carbocycles. The number of carbonyl (C=O) groups is 2. The Morgan fingerprint density at radius 3 is 2.50 bits per heavy atom. The van der Waals surface area contributed by atoms with E-state index in [-0.39, 0.29) is 11.8 Å². The van der Waals surface area contributed by atoms with Crippen LogP contribution in [0.1, 0.15) is 20.3 Å². The number of dihydropyridines is 1. The van der Waals surface area contributed by atoms with Crippen LogP contribution in [-0.4, -0.2) is 45.5 Å². The van der Waals surface area contributed by atoms with Gasteiger partial charge in [0.05, 0.1) is 14.2 Å². The molecule has 1 aliphatic rings. The quantitative estimate of drug-likeness (QED) is 0.672. The zero-order valence-electron chi connectivity index (χ0n) is 13.6. The van der Waals surface area contributed by atoms with Crippen LogP contribution in [0.25, 0.3) is 0 Å². The fourth-order valence-corrected chi connectivity index (χ4v) is 2.03. The third kappa shape index (κ3) is 5.07. The van der Waals surface area contributed by atoms with Crippen molar-refractivity contribution in [3.05, 3.63) is 23.6 Å². The van der Waals surface area contributed by atoms with E-state index in [0.717, 1.165) is 0 Å². The standard InChI is InChI=1S/C15H24N2O5/c1-9(2)6-11(15(19)22-5)16-14(18)10-7-12(20-3)17-13(8-10)21-4/h7-9,11-12,17H,6H2,1-5H3,(H,16,18)/t11-,12?/m1/s1. The minimum absolute atomic E-state index is 0.239. The van der Waals surface area contributed by atoms with Crippen molar-refractivity contribution in [3.63, 3.8) is 0 Å². The Labute approximate surface area is 130 Å². The Morgan fingerprint density at radius 2 is 2.00 bits per heavy atom. The highest BCUT2D eigenvalue weighted by atomic mass is 16.5. The second-order valence-electron chi connectivity index (χ2n) is 5.31. The van der Waals surface area contributed by atoms with Crippen LogP contribution in [0, 0.1) is 5.92 Å². The Balaban J connectivity index is 2.86. The first-order valence-corrected chi connectivity index (χ1v) is 7.06. The number of ether oxygens (including phenoxy) is 3. The van der Waals surface area contributed by atoms with Crippen LogP contribution in [0.4, 0.5) is 0 Å². The molecule has 22 heavy (non-hydrogen) atoms. The summed E-state index contributed by atoms with van der Waals surface area (Å²) in [6.45, 7) is 3.94. The van der Waals surface area contributed by atoms with E-state index in [4.69, 9.17) is 14.2 Å². The van der Waals surface area contributed by atoms with Gasteiger partial charge in [0, 0.05) is 18.8 Å². The van der Waals surface area contributed by atoms with Crippen LogP contribution in [0.3, 0.4) is 0 Å². The van der Waals surface area contributed by atoms with Crippen molar-refractivity contribution in [3.8, 4) is 0 Å². The van der Waals surface area contributed by atoms with E-state index in [1.54, 1.807) is 12.2 Å². The average molecular weight is 312 g/mol.